The van der Waals surface area contributed by atoms with Crippen LogP contribution < -0.4 is 0 Å². The molecule has 0 unspecified atom stereocenters. The van der Waals surface area contributed by atoms with Crippen molar-refractivity contribution >= 4 is 0 Å². The monoisotopic (exact) mass is 318 g/mol. The van der Waals surface area contributed by atoms with Crippen molar-refractivity contribution in [2.75, 3.05) is 0 Å². The predicted molar refractivity (Wildman–Crippen MR) is 91.3 cm³/mol. The van der Waals surface area contributed by atoms with Gasteiger partial charge in [-0.15, -0.1) is 0 Å². The van der Waals surface area contributed by atoms with Crippen molar-refractivity contribution in [3.05, 3.63) is 47.5 Å². The molecule has 2 aliphatic carbocycles. The maximum absolute atomic E-state index is 13.4. The Bertz CT molecular complexity index is 533. The van der Waals surface area contributed by atoms with Crippen LogP contribution in [0.2, 0.25) is 0 Å². The summed E-state index contributed by atoms with van der Waals surface area (Å²) in [4.78, 5) is 0. The number of benzene rings is 1. The molecule has 3 rings (SSSR count). The Labute approximate surface area is 139 Å². The minimum absolute atomic E-state index is 0.417. The smallest absolute Gasteiger partial charge is 0.159 e. The summed E-state index contributed by atoms with van der Waals surface area (Å²) >= 11 is 0. The molecular formula is C21H28F2. The molecule has 0 nitrogen and oxygen atoms in total. The molecule has 0 aromatic heterocycles. The molecule has 2 heteroatoms. The molecule has 0 radical (unpaired) electrons. The number of allylic oxidation sites excluding steroid dienone is 2. The Morgan fingerprint density at radius 2 is 1.43 bits per heavy atom. The molecule has 0 atom stereocenters. The van der Waals surface area contributed by atoms with E-state index in [4.69, 9.17) is 0 Å². The summed E-state index contributed by atoms with van der Waals surface area (Å²) in [6.45, 7) is 2.12. The van der Waals surface area contributed by atoms with Gasteiger partial charge in [0, 0.05) is 0 Å². The number of hydrogen-bond acceptors (Lipinski definition) is 0. The number of halogens is 2. The molecule has 1 aromatic carbocycles. The van der Waals surface area contributed by atoms with Crippen LogP contribution in [0, 0.1) is 29.4 Å². The van der Waals surface area contributed by atoms with Crippen LogP contribution in [-0.2, 0) is 0 Å². The summed E-state index contributed by atoms with van der Waals surface area (Å²) in [5.74, 6) is 1.52. The Hall–Kier alpha value is -1.18. The molecule has 0 heterocycles. The number of rotatable bonds is 3. The Morgan fingerprint density at radius 3 is 2.00 bits per heavy atom. The highest BCUT2D eigenvalue weighted by Gasteiger charge is 2.30. The Morgan fingerprint density at radius 1 is 0.826 bits per heavy atom. The van der Waals surface area contributed by atoms with Gasteiger partial charge >= 0.3 is 0 Å². The van der Waals surface area contributed by atoms with Crippen molar-refractivity contribution in [3.8, 4) is 0 Å². The van der Waals surface area contributed by atoms with E-state index in [1.165, 1.54) is 50.7 Å². The van der Waals surface area contributed by atoms with Gasteiger partial charge in [-0.1, -0.05) is 18.2 Å². The Kier molecular flexibility index (Phi) is 5.50. The van der Waals surface area contributed by atoms with E-state index in [-0.39, 0.29) is 0 Å². The summed E-state index contributed by atoms with van der Waals surface area (Å²) in [6, 6.07) is 4.45. The molecule has 0 spiro atoms. The van der Waals surface area contributed by atoms with Gasteiger partial charge in [-0.25, -0.2) is 8.78 Å². The second-order valence-corrected chi connectivity index (χ2v) is 7.49. The average molecular weight is 318 g/mol. The van der Waals surface area contributed by atoms with E-state index >= 15 is 0 Å². The second kappa shape index (κ2) is 7.59. The van der Waals surface area contributed by atoms with Gasteiger partial charge in [0.2, 0.25) is 0 Å². The highest BCUT2D eigenvalue weighted by Crippen LogP contribution is 2.44. The van der Waals surface area contributed by atoms with Crippen LogP contribution in [0.25, 0.3) is 0 Å². The van der Waals surface area contributed by atoms with E-state index in [9.17, 15) is 8.78 Å². The molecule has 1 aromatic rings. The number of hydrogen-bond donors (Lipinski definition) is 0. The minimum Gasteiger partial charge on any atom is -0.204 e. The average Bonchev–Trinajstić information content (AvgIpc) is 2.59. The highest BCUT2D eigenvalue weighted by atomic mass is 19.2. The van der Waals surface area contributed by atoms with Crippen molar-refractivity contribution in [3.63, 3.8) is 0 Å². The standard InChI is InChI=1S/C21H28F2/c1-2-3-15-4-6-16(7-5-15)17-8-10-18(11-9-17)19-12-13-20(22)21(23)14-19/h2-3,12-18H,4-11H2,1H3/b3-2+/t15-,16-,17-,18-. The molecule has 2 aliphatic rings. The van der Waals surface area contributed by atoms with Gasteiger partial charge in [-0.3, -0.25) is 0 Å². The van der Waals surface area contributed by atoms with Gasteiger partial charge in [0.1, 0.15) is 0 Å². The lowest BCUT2D eigenvalue weighted by Gasteiger charge is -2.37. The van der Waals surface area contributed by atoms with Crippen molar-refractivity contribution < 1.29 is 8.78 Å². The topological polar surface area (TPSA) is 0 Å². The first-order valence-corrected chi connectivity index (χ1v) is 9.25. The molecule has 0 saturated heterocycles. The fourth-order valence-corrected chi connectivity index (χ4v) is 4.77. The van der Waals surface area contributed by atoms with E-state index in [1.807, 2.05) is 0 Å². The molecule has 0 N–H and O–H groups in total. The summed E-state index contributed by atoms with van der Waals surface area (Å²) in [6.07, 6.45) is 14.8. The molecular weight excluding hydrogens is 290 g/mol. The zero-order chi connectivity index (χ0) is 16.2. The van der Waals surface area contributed by atoms with E-state index in [0.29, 0.717) is 5.92 Å². The minimum atomic E-state index is -0.736. The molecule has 0 aliphatic heterocycles. The van der Waals surface area contributed by atoms with E-state index in [1.54, 1.807) is 6.07 Å². The fourth-order valence-electron chi connectivity index (χ4n) is 4.77. The highest BCUT2D eigenvalue weighted by molar-refractivity contribution is 5.22. The second-order valence-electron chi connectivity index (χ2n) is 7.49. The molecule has 0 amide bonds. The van der Waals surface area contributed by atoms with E-state index in [0.717, 1.165) is 36.2 Å². The van der Waals surface area contributed by atoms with Crippen LogP contribution in [0.15, 0.2) is 30.4 Å². The molecule has 0 bridgehead atoms. The first-order chi connectivity index (χ1) is 11.2. The molecule has 126 valence electrons. The van der Waals surface area contributed by atoms with Crippen LogP contribution in [0.4, 0.5) is 8.78 Å². The quantitative estimate of drug-likeness (QED) is 0.549. The predicted octanol–water partition coefficient (Wildman–Crippen LogP) is 6.62. The zero-order valence-corrected chi connectivity index (χ0v) is 14.1. The summed E-state index contributed by atoms with van der Waals surface area (Å²) in [5.41, 5.74) is 0.985. The normalized spacial score (nSPS) is 32.3. The lowest BCUT2D eigenvalue weighted by atomic mass is 9.68. The van der Waals surface area contributed by atoms with Gasteiger partial charge < -0.3 is 0 Å². The van der Waals surface area contributed by atoms with Crippen LogP contribution >= 0.6 is 0 Å². The van der Waals surface area contributed by atoms with Crippen LogP contribution in [0.5, 0.6) is 0 Å². The first kappa shape index (κ1) is 16.7. The largest absolute Gasteiger partial charge is 0.204 e. The lowest BCUT2D eigenvalue weighted by molar-refractivity contribution is 0.171. The van der Waals surface area contributed by atoms with E-state index < -0.39 is 11.6 Å². The lowest BCUT2D eigenvalue weighted by Crippen LogP contribution is -2.25. The van der Waals surface area contributed by atoms with Gasteiger partial charge in [0.25, 0.3) is 0 Å². The molecule has 2 fully saturated rings. The third-order valence-corrected chi connectivity index (χ3v) is 6.13. The van der Waals surface area contributed by atoms with Crippen LogP contribution in [0.1, 0.15) is 69.8 Å². The van der Waals surface area contributed by atoms with Gasteiger partial charge in [-0.05, 0) is 99.7 Å². The third-order valence-electron chi connectivity index (χ3n) is 6.13. The summed E-state index contributed by atoms with van der Waals surface area (Å²) in [7, 11) is 0. The zero-order valence-electron chi connectivity index (χ0n) is 14.1. The van der Waals surface area contributed by atoms with Crippen molar-refractivity contribution in [1.82, 2.24) is 0 Å². The van der Waals surface area contributed by atoms with Crippen LogP contribution in [0.3, 0.4) is 0 Å². The first-order valence-electron chi connectivity index (χ1n) is 9.25. The van der Waals surface area contributed by atoms with Gasteiger partial charge in [0.15, 0.2) is 11.6 Å². The molecule has 2 saturated carbocycles. The van der Waals surface area contributed by atoms with Crippen LogP contribution in [-0.4, -0.2) is 0 Å². The van der Waals surface area contributed by atoms with Crippen molar-refractivity contribution in [2.45, 2.75) is 64.2 Å². The summed E-state index contributed by atoms with van der Waals surface area (Å²) < 4.78 is 26.5. The van der Waals surface area contributed by atoms with Crippen molar-refractivity contribution in [2.24, 2.45) is 17.8 Å². The summed E-state index contributed by atoms with van der Waals surface area (Å²) in [5, 5.41) is 0. The van der Waals surface area contributed by atoms with Gasteiger partial charge in [0.05, 0.1) is 0 Å². The van der Waals surface area contributed by atoms with Gasteiger partial charge in [-0.2, -0.15) is 0 Å². The van der Waals surface area contributed by atoms with E-state index in [2.05, 4.69) is 19.1 Å². The Balaban J connectivity index is 1.51. The maximum Gasteiger partial charge on any atom is 0.159 e. The SMILES string of the molecule is C/C=C/[C@H]1CC[C@H]([C@H]2CC[C@H](c3ccc(F)c(F)c3)CC2)CC1. The van der Waals surface area contributed by atoms with Crippen molar-refractivity contribution in [1.29, 1.82) is 0 Å². The third kappa shape index (κ3) is 4.02. The fraction of sp³-hybridized carbons (Fsp3) is 0.619. The molecule has 23 heavy (non-hydrogen) atoms. The maximum atomic E-state index is 13.4.